The van der Waals surface area contributed by atoms with Crippen LogP contribution < -0.4 is 21.9 Å². The van der Waals surface area contributed by atoms with Crippen molar-refractivity contribution in [1.82, 2.24) is 35.0 Å². The van der Waals surface area contributed by atoms with Crippen molar-refractivity contribution in [2.75, 3.05) is 11.1 Å². The fourth-order valence-electron chi connectivity index (χ4n) is 4.73. The van der Waals surface area contributed by atoms with Crippen LogP contribution in [0.25, 0.3) is 21.5 Å². The van der Waals surface area contributed by atoms with Gasteiger partial charge in [0.25, 0.3) is 11.5 Å². The van der Waals surface area contributed by atoms with E-state index in [-0.39, 0.29) is 29.8 Å². The molecule has 0 bridgehead atoms. The largest absolute Gasteiger partial charge is 0.384 e. The van der Waals surface area contributed by atoms with Gasteiger partial charge in [-0.3, -0.25) is 19.0 Å². The van der Waals surface area contributed by atoms with E-state index in [1.165, 1.54) is 34.5 Å². The van der Waals surface area contributed by atoms with Gasteiger partial charge in [-0.05, 0) is 31.0 Å². The summed E-state index contributed by atoms with van der Waals surface area (Å²) in [6.45, 7) is 4.00. The van der Waals surface area contributed by atoms with Crippen LogP contribution in [-0.2, 0) is 11.3 Å². The Morgan fingerprint density at radius 3 is 2.85 bits per heavy atom. The van der Waals surface area contributed by atoms with Crippen LogP contribution in [0.5, 0.6) is 0 Å². The fraction of sp³-hybridized carbons (Fsp3) is 0.231. The maximum atomic E-state index is 13.4. The minimum absolute atomic E-state index is 0.0774. The molecule has 0 saturated heterocycles. The van der Waals surface area contributed by atoms with Gasteiger partial charge in [0.1, 0.15) is 35.4 Å². The first-order chi connectivity index (χ1) is 19.3. The molecule has 4 N–H and O–H groups in total. The molecule has 14 heteroatoms. The highest BCUT2D eigenvalue weighted by molar-refractivity contribution is 7.19. The summed E-state index contributed by atoms with van der Waals surface area (Å²) in [7, 11) is 0. The molecule has 0 unspecified atom stereocenters. The number of carbonyl (C=O) groups is 2. The number of rotatable bonds is 6. The topological polar surface area (TPSA) is 184 Å². The van der Waals surface area contributed by atoms with E-state index in [2.05, 4.69) is 35.7 Å². The molecule has 40 heavy (non-hydrogen) atoms. The number of nitrogen functional groups attached to an aromatic ring is 1. The molecule has 13 nitrogen and oxygen atoms in total. The number of amides is 2. The summed E-state index contributed by atoms with van der Waals surface area (Å²) < 4.78 is 7.52. The van der Waals surface area contributed by atoms with Gasteiger partial charge in [0, 0.05) is 39.3 Å². The molecule has 0 fully saturated rings. The summed E-state index contributed by atoms with van der Waals surface area (Å²) in [4.78, 5) is 57.1. The number of carbonyl (C=O) groups excluding carboxylic acids is 2. The summed E-state index contributed by atoms with van der Waals surface area (Å²) in [5.41, 5.74) is 6.80. The number of nitrogens with two attached hydrogens (primary N) is 1. The fourth-order valence-corrected chi connectivity index (χ4v) is 5.75. The molecular weight excluding hydrogens is 534 g/mol. The van der Waals surface area contributed by atoms with E-state index in [0.29, 0.717) is 29.5 Å². The lowest BCUT2D eigenvalue weighted by molar-refractivity contribution is -0.124. The number of anilines is 2. The second kappa shape index (κ2) is 9.96. The predicted molar refractivity (Wildman–Crippen MR) is 147 cm³/mol. The maximum Gasteiger partial charge on any atom is 0.294 e. The van der Waals surface area contributed by atoms with E-state index in [1.807, 2.05) is 19.9 Å². The monoisotopic (exact) mass is 557 g/mol. The van der Waals surface area contributed by atoms with Crippen LogP contribution in [0.4, 0.5) is 11.5 Å². The molecule has 202 valence electrons. The molecule has 0 aliphatic carbocycles. The number of fused-ring (bicyclic) bond motifs is 2. The molecule has 0 aromatic carbocycles. The van der Waals surface area contributed by atoms with Gasteiger partial charge >= 0.3 is 0 Å². The zero-order valence-corrected chi connectivity index (χ0v) is 22.2. The second-order valence-corrected chi connectivity index (χ2v) is 10.7. The third-order valence-corrected chi connectivity index (χ3v) is 7.78. The zero-order chi connectivity index (χ0) is 28.0. The number of nitrogens with zero attached hydrogens (tertiary/aromatic N) is 6. The molecule has 5 aromatic heterocycles. The second-order valence-electron chi connectivity index (χ2n) is 9.52. The van der Waals surface area contributed by atoms with Gasteiger partial charge in [-0.25, -0.2) is 19.9 Å². The first kappa shape index (κ1) is 25.3. The van der Waals surface area contributed by atoms with E-state index in [0.717, 1.165) is 20.5 Å². The maximum absolute atomic E-state index is 13.4. The number of aromatic nitrogens is 6. The molecule has 1 aliphatic heterocycles. The SMILES string of the molecule is Cc1cncnc1-c1cc(C(=O)Nc2cnc3n(c2=O)[C@H](C(=O)NCc2cc4cnc(N)cc4s2)C[C@H]3C)on1. The van der Waals surface area contributed by atoms with Crippen LogP contribution in [0.1, 0.15) is 52.1 Å². The Bertz CT molecular complexity index is 1840. The quantitative estimate of drug-likeness (QED) is 0.280. The summed E-state index contributed by atoms with van der Waals surface area (Å²) in [5.74, 6) is -0.320. The van der Waals surface area contributed by atoms with Gasteiger partial charge in [0.05, 0.1) is 18.4 Å². The molecule has 6 heterocycles. The number of pyridine rings is 1. The van der Waals surface area contributed by atoms with Gasteiger partial charge in [-0.1, -0.05) is 12.1 Å². The Morgan fingerprint density at radius 1 is 1.18 bits per heavy atom. The Balaban J connectivity index is 1.20. The Hall–Kier alpha value is -4.98. The standard InChI is InChI=1S/C26H23N9O4S/c1-12-3-18(24(36)31-9-15-4-14-8-29-21(27)6-20(14)40-15)35-23(12)30-10-17(26(35)38)33-25(37)19-5-16(34-39-19)22-13(2)7-28-11-32-22/h4-8,10-12,18H,3,9H2,1-2H3,(H2,27,29)(H,31,36)(H,33,37)/t12-,18+/m1/s1. The molecule has 6 rings (SSSR count). The summed E-state index contributed by atoms with van der Waals surface area (Å²) in [5, 5.41) is 10.3. The van der Waals surface area contributed by atoms with E-state index in [9.17, 15) is 14.4 Å². The van der Waals surface area contributed by atoms with Crippen molar-refractivity contribution in [3.05, 3.63) is 75.5 Å². The van der Waals surface area contributed by atoms with Crippen LogP contribution in [0.3, 0.4) is 0 Å². The summed E-state index contributed by atoms with van der Waals surface area (Å²) in [6.07, 6.45) is 6.39. The average Bonchev–Trinajstić information content (AvgIpc) is 3.66. The van der Waals surface area contributed by atoms with Crippen molar-refractivity contribution in [2.45, 2.75) is 38.8 Å². The van der Waals surface area contributed by atoms with Crippen molar-refractivity contribution in [3.63, 3.8) is 0 Å². The lowest BCUT2D eigenvalue weighted by Gasteiger charge is -2.15. The van der Waals surface area contributed by atoms with Gasteiger partial charge in [0.2, 0.25) is 11.7 Å². The van der Waals surface area contributed by atoms with E-state index >= 15 is 0 Å². The molecule has 0 saturated carbocycles. The van der Waals surface area contributed by atoms with Crippen molar-refractivity contribution in [1.29, 1.82) is 0 Å². The van der Waals surface area contributed by atoms with Crippen molar-refractivity contribution in [2.24, 2.45) is 0 Å². The number of aryl methyl sites for hydroxylation is 1. The molecule has 2 amide bonds. The molecule has 5 aromatic rings. The third kappa shape index (κ3) is 4.58. The van der Waals surface area contributed by atoms with Crippen LogP contribution >= 0.6 is 11.3 Å². The summed E-state index contributed by atoms with van der Waals surface area (Å²) in [6, 6.07) is 4.39. The van der Waals surface area contributed by atoms with E-state index in [1.54, 1.807) is 18.5 Å². The Labute approximate surface area is 230 Å². The third-order valence-electron chi connectivity index (χ3n) is 6.68. The minimum atomic E-state index is -0.772. The number of hydrogen-bond acceptors (Lipinski definition) is 11. The first-order valence-corrected chi connectivity index (χ1v) is 13.2. The predicted octanol–water partition coefficient (Wildman–Crippen LogP) is 2.81. The van der Waals surface area contributed by atoms with Gasteiger partial charge in [-0.2, -0.15) is 0 Å². The molecule has 0 radical (unpaired) electrons. The van der Waals surface area contributed by atoms with E-state index < -0.39 is 17.5 Å². The van der Waals surface area contributed by atoms with Gasteiger partial charge in [0.15, 0.2) is 0 Å². The molecule has 2 atom stereocenters. The molecule has 1 aliphatic rings. The average molecular weight is 558 g/mol. The highest BCUT2D eigenvalue weighted by Crippen LogP contribution is 2.34. The lowest BCUT2D eigenvalue weighted by Crippen LogP contribution is -2.36. The zero-order valence-electron chi connectivity index (χ0n) is 21.4. The van der Waals surface area contributed by atoms with Crippen molar-refractivity contribution >= 4 is 44.7 Å². The Morgan fingerprint density at radius 2 is 2.02 bits per heavy atom. The lowest BCUT2D eigenvalue weighted by atomic mass is 10.1. The van der Waals surface area contributed by atoms with Gasteiger partial charge < -0.3 is 20.9 Å². The van der Waals surface area contributed by atoms with Crippen LogP contribution in [0, 0.1) is 6.92 Å². The van der Waals surface area contributed by atoms with Crippen LogP contribution in [0.15, 0.2) is 52.4 Å². The Kier molecular flexibility index (Phi) is 6.30. The molecule has 0 spiro atoms. The highest BCUT2D eigenvalue weighted by atomic mass is 32.1. The number of hydrogen-bond donors (Lipinski definition) is 3. The number of nitrogens with one attached hydrogen (secondary N) is 2. The summed E-state index contributed by atoms with van der Waals surface area (Å²) >= 11 is 1.51. The van der Waals surface area contributed by atoms with Crippen LogP contribution in [-0.4, -0.2) is 41.5 Å². The molecular formula is C26H23N9O4S. The smallest absolute Gasteiger partial charge is 0.294 e. The van der Waals surface area contributed by atoms with Crippen molar-refractivity contribution in [3.8, 4) is 11.4 Å². The van der Waals surface area contributed by atoms with Crippen molar-refractivity contribution < 1.29 is 14.1 Å². The highest BCUT2D eigenvalue weighted by Gasteiger charge is 2.36. The first-order valence-electron chi connectivity index (χ1n) is 12.4. The minimum Gasteiger partial charge on any atom is -0.384 e. The van der Waals surface area contributed by atoms with Gasteiger partial charge in [-0.15, -0.1) is 11.3 Å². The normalized spacial score (nSPS) is 16.1. The number of thiophene rings is 1. The van der Waals surface area contributed by atoms with E-state index in [4.69, 9.17) is 10.3 Å². The van der Waals surface area contributed by atoms with Crippen LogP contribution in [0.2, 0.25) is 0 Å².